The number of amides is 2. The van der Waals surface area contributed by atoms with Crippen molar-refractivity contribution in [3.63, 3.8) is 0 Å². The Morgan fingerprint density at radius 2 is 1.65 bits per heavy atom. The number of nitrogens with one attached hydrogen (secondary N) is 2. The molecule has 2 amide bonds. The lowest BCUT2D eigenvalue weighted by Crippen LogP contribution is -2.27. The Morgan fingerprint density at radius 1 is 0.923 bits per heavy atom. The highest BCUT2D eigenvalue weighted by molar-refractivity contribution is 6.06. The minimum absolute atomic E-state index is 0.268. The van der Waals surface area contributed by atoms with Gasteiger partial charge in [0.25, 0.3) is 11.8 Å². The van der Waals surface area contributed by atoms with Gasteiger partial charge in [0.15, 0.2) is 0 Å². The normalized spacial score (nSPS) is 10.1. The maximum Gasteiger partial charge on any atom is 0.255 e. The van der Waals surface area contributed by atoms with Crippen LogP contribution in [0.5, 0.6) is 11.5 Å². The molecule has 0 atom stereocenters. The summed E-state index contributed by atoms with van der Waals surface area (Å²) in [6.45, 7) is 0.814. The van der Waals surface area contributed by atoms with Crippen LogP contribution in [0.3, 0.4) is 0 Å². The molecule has 0 aliphatic rings. The van der Waals surface area contributed by atoms with Gasteiger partial charge in [-0.2, -0.15) is 0 Å². The van der Waals surface area contributed by atoms with Crippen LogP contribution >= 0.6 is 0 Å². The molecule has 26 heavy (non-hydrogen) atoms. The van der Waals surface area contributed by atoms with E-state index >= 15 is 0 Å². The SMILES string of the molecule is COCCNC(=O)c1cccc(C(=O)Nc2cc(OC)ccc2OC)c1. The van der Waals surface area contributed by atoms with Crippen LogP contribution in [0.2, 0.25) is 0 Å². The Hall–Kier alpha value is -3.06. The Balaban J connectivity index is 2.15. The van der Waals surface area contributed by atoms with Gasteiger partial charge in [0.1, 0.15) is 11.5 Å². The zero-order chi connectivity index (χ0) is 18.9. The fourth-order valence-electron chi connectivity index (χ4n) is 2.28. The molecule has 0 heterocycles. The molecular weight excluding hydrogens is 336 g/mol. The summed E-state index contributed by atoms with van der Waals surface area (Å²) >= 11 is 0. The second-order valence-corrected chi connectivity index (χ2v) is 5.35. The van der Waals surface area contributed by atoms with E-state index in [2.05, 4.69) is 10.6 Å². The molecule has 0 fully saturated rings. The van der Waals surface area contributed by atoms with E-state index in [4.69, 9.17) is 14.2 Å². The third-order valence-corrected chi connectivity index (χ3v) is 3.63. The van der Waals surface area contributed by atoms with Gasteiger partial charge in [0, 0.05) is 30.8 Å². The lowest BCUT2D eigenvalue weighted by molar-refractivity contribution is 0.0937. The standard InChI is InChI=1S/C19H22N2O5/c1-24-10-9-20-18(22)13-5-4-6-14(11-13)19(23)21-16-12-15(25-2)7-8-17(16)26-3/h4-8,11-12H,9-10H2,1-3H3,(H,20,22)(H,21,23). The quantitative estimate of drug-likeness (QED) is 0.708. The molecule has 0 spiro atoms. The van der Waals surface area contributed by atoms with Crippen molar-refractivity contribution >= 4 is 17.5 Å². The first-order chi connectivity index (χ1) is 12.6. The van der Waals surface area contributed by atoms with Gasteiger partial charge in [-0.1, -0.05) is 6.07 Å². The number of methoxy groups -OCH3 is 3. The topological polar surface area (TPSA) is 85.9 Å². The molecule has 138 valence electrons. The van der Waals surface area contributed by atoms with Crippen LogP contribution in [0, 0.1) is 0 Å². The minimum Gasteiger partial charge on any atom is -0.497 e. The highest BCUT2D eigenvalue weighted by Crippen LogP contribution is 2.29. The van der Waals surface area contributed by atoms with Crippen LogP contribution in [0.4, 0.5) is 5.69 Å². The predicted octanol–water partition coefficient (Wildman–Crippen LogP) is 2.33. The molecule has 0 saturated heterocycles. The van der Waals surface area contributed by atoms with Crippen molar-refractivity contribution in [2.45, 2.75) is 0 Å². The van der Waals surface area contributed by atoms with E-state index in [1.807, 2.05) is 0 Å². The predicted molar refractivity (Wildman–Crippen MR) is 98.2 cm³/mol. The van der Waals surface area contributed by atoms with Crippen molar-refractivity contribution in [1.29, 1.82) is 0 Å². The van der Waals surface area contributed by atoms with Gasteiger partial charge in [-0.25, -0.2) is 0 Å². The lowest BCUT2D eigenvalue weighted by atomic mass is 10.1. The summed E-state index contributed by atoms with van der Waals surface area (Å²) < 4.78 is 15.3. The van der Waals surface area contributed by atoms with Crippen LogP contribution < -0.4 is 20.1 Å². The van der Waals surface area contributed by atoms with Gasteiger partial charge in [-0.05, 0) is 30.3 Å². The van der Waals surface area contributed by atoms with Crippen LogP contribution in [-0.4, -0.2) is 46.3 Å². The Kier molecular flexibility index (Phi) is 6.99. The minimum atomic E-state index is -0.358. The smallest absolute Gasteiger partial charge is 0.255 e. The van der Waals surface area contributed by atoms with E-state index < -0.39 is 0 Å². The number of carbonyl (C=O) groups is 2. The average molecular weight is 358 g/mol. The number of ether oxygens (including phenoxy) is 3. The zero-order valence-corrected chi connectivity index (χ0v) is 15.0. The molecule has 2 aromatic carbocycles. The maximum atomic E-state index is 12.6. The lowest BCUT2D eigenvalue weighted by Gasteiger charge is -2.12. The number of carbonyl (C=O) groups excluding carboxylic acids is 2. The Labute approximate surface area is 152 Å². The number of hydrogen-bond acceptors (Lipinski definition) is 5. The van der Waals surface area contributed by atoms with E-state index in [0.717, 1.165) is 0 Å². The molecule has 0 aliphatic carbocycles. The van der Waals surface area contributed by atoms with Crippen LogP contribution in [0.15, 0.2) is 42.5 Å². The molecule has 0 aromatic heterocycles. The van der Waals surface area contributed by atoms with Gasteiger partial charge in [-0.15, -0.1) is 0 Å². The monoisotopic (exact) mass is 358 g/mol. The summed E-state index contributed by atoms with van der Waals surface area (Å²) in [4.78, 5) is 24.7. The number of rotatable bonds is 8. The van der Waals surface area contributed by atoms with E-state index in [9.17, 15) is 9.59 Å². The summed E-state index contributed by atoms with van der Waals surface area (Å²) in [5.74, 6) is 0.471. The van der Waals surface area contributed by atoms with Crippen molar-refractivity contribution in [3.05, 3.63) is 53.6 Å². The molecule has 2 rings (SSSR count). The first kappa shape index (κ1) is 19.3. The van der Waals surface area contributed by atoms with E-state index in [0.29, 0.717) is 41.5 Å². The highest BCUT2D eigenvalue weighted by Gasteiger charge is 2.13. The molecule has 0 unspecified atom stereocenters. The Morgan fingerprint density at radius 3 is 2.31 bits per heavy atom. The summed E-state index contributed by atoms with van der Waals surface area (Å²) in [5.41, 5.74) is 1.23. The zero-order valence-electron chi connectivity index (χ0n) is 15.0. The fourth-order valence-corrected chi connectivity index (χ4v) is 2.28. The van der Waals surface area contributed by atoms with Gasteiger partial charge < -0.3 is 24.8 Å². The fraction of sp³-hybridized carbons (Fsp3) is 0.263. The van der Waals surface area contributed by atoms with E-state index in [1.165, 1.54) is 13.2 Å². The molecule has 0 bridgehead atoms. The van der Waals surface area contributed by atoms with Crippen molar-refractivity contribution in [3.8, 4) is 11.5 Å². The van der Waals surface area contributed by atoms with Gasteiger partial charge in [-0.3, -0.25) is 9.59 Å². The van der Waals surface area contributed by atoms with Crippen molar-refractivity contribution in [2.75, 3.05) is 39.8 Å². The molecule has 7 nitrogen and oxygen atoms in total. The van der Waals surface area contributed by atoms with Crippen molar-refractivity contribution in [1.82, 2.24) is 5.32 Å². The number of anilines is 1. The van der Waals surface area contributed by atoms with Gasteiger partial charge >= 0.3 is 0 Å². The maximum absolute atomic E-state index is 12.6. The third kappa shape index (κ3) is 4.97. The molecule has 0 aliphatic heterocycles. The molecule has 2 aromatic rings. The van der Waals surface area contributed by atoms with Crippen LogP contribution in [0.25, 0.3) is 0 Å². The Bertz CT molecular complexity index is 776. The second-order valence-electron chi connectivity index (χ2n) is 5.35. The van der Waals surface area contributed by atoms with E-state index in [-0.39, 0.29) is 11.8 Å². The first-order valence-corrected chi connectivity index (χ1v) is 7.99. The van der Waals surface area contributed by atoms with Gasteiger partial charge in [0.2, 0.25) is 0 Å². The van der Waals surface area contributed by atoms with Gasteiger partial charge in [0.05, 0.1) is 26.5 Å². The van der Waals surface area contributed by atoms with Crippen molar-refractivity contribution < 1.29 is 23.8 Å². The molecule has 2 N–H and O–H groups in total. The summed E-state index contributed by atoms with van der Waals surface area (Å²) in [6.07, 6.45) is 0. The summed E-state index contributed by atoms with van der Waals surface area (Å²) in [6, 6.07) is 11.6. The molecular formula is C19H22N2O5. The number of hydrogen-bond donors (Lipinski definition) is 2. The number of benzene rings is 2. The largest absolute Gasteiger partial charge is 0.497 e. The average Bonchev–Trinajstić information content (AvgIpc) is 2.68. The molecule has 7 heteroatoms. The summed E-state index contributed by atoms with van der Waals surface area (Å²) in [5, 5.41) is 5.49. The molecule has 0 saturated carbocycles. The van der Waals surface area contributed by atoms with E-state index in [1.54, 1.807) is 50.6 Å². The second kappa shape index (κ2) is 9.43. The first-order valence-electron chi connectivity index (χ1n) is 7.99. The molecule has 0 radical (unpaired) electrons. The van der Waals surface area contributed by atoms with Crippen LogP contribution in [-0.2, 0) is 4.74 Å². The van der Waals surface area contributed by atoms with Crippen LogP contribution in [0.1, 0.15) is 20.7 Å². The van der Waals surface area contributed by atoms with Crippen molar-refractivity contribution in [2.24, 2.45) is 0 Å². The third-order valence-electron chi connectivity index (χ3n) is 3.63. The summed E-state index contributed by atoms with van der Waals surface area (Å²) in [7, 11) is 4.62. The highest BCUT2D eigenvalue weighted by atomic mass is 16.5.